The van der Waals surface area contributed by atoms with Crippen LogP contribution in [0.25, 0.3) is 0 Å². The molecule has 0 N–H and O–H groups in total. The molecule has 0 aromatic heterocycles. The van der Waals surface area contributed by atoms with Gasteiger partial charge >= 0.3 is 0 Å². The van der Waals surface area contributed by atoms with Gasteiger partial charge < -0.3 is 0 Å². The lowest BCUT2D eigenvalue weighted by atomic mass is 9.81. The van der Waals surface area contributed by atoms with Crippen molar-refractivity contribution in [3.63, 3.8) is 0 Å². The fourth-order valence-corrected chi connectivity index (χ4v) is 4.05. The molecule has 1 aliphatic heterocycles. The Balaban J connectivity index is 1.71. The molecule has 1 heterocycles. The maximum absolute atomic E-state index is 4.50. The van der Waals surface area contributed by atoms with Gasteiger partial charge in [0.2, 0.25) is 0 Å². The van der Waals surface area contributed by atoms with Crippen molar-refractivity contribution in [3.8, 4) is 0 Å². The Kier molecular flexibility index (Phi) is 2.87. The summed E-state index contributed by atoms with van der Waals surface area (Å²) < 4.78 is 0. The lowest BCUT2D eigenvalue weighted by molar-refractivity contribution is 0.202. The summed E-state index contributed by atoms with van der Waals surface area (Å²) in [6, 6.07) is 1.09. The highest BCUT2D eigenvalue weighted by Gasteiger charge is 2.47. The van der Waals surface area contributed by atoms with Crippen LogP contribution >= 0.6 is 0 Å². The molecule has 0 radical (unpaired) electrons. The van der Waals surface area contributed by atoms with Crippen molar-refractivity contribution in [2.45, 2.75) is 58.0 Å². The summed E-state index contributed by atoms with van der Waals surface area (Å²) >= 11 is 0. The van der Waals surface area contributed by atoms with Gasteiger partial charge in [-0.1, -0.05) is 19.1 Å². The molecule has 0 amide bonds. The minimum atomic E-state index is 0.491. The first-order valence-corrected chi connectivity index (χ1v) is 7.28. The topological polar surface area (TPSA) is 28.0 Å². The molecule has 0 saturated heterocycles. The Bertz CT molecular complexity index is 313. The Morgan fingerprint density at radius 3 is 2.82 bits per heavy atom. The van der Waals surface area contributed by atoms with E-state index in [2.05, 4.69) is 36.2 Å². The van der Waals surface area contributed by atoms with Gasteiger partial charge in [0.1, 0.15) is 0 Å². The maximum atomic E-state index is 4.50. The largest absolute Gasteiger partial charge is 0.277 e. The first-order valence-electron chi connectivity index (χ1n) is 7.28. The first kappa shape index (κ1) is 11.5. The van der Waals surface area contributed by atoms with E-state index in [1.54, 1.807) is 0 Å². The molecule has 5 atom stereocenters. The Morgan fingerprint density at radius 2 is 2.06 bits per heavy atom. The molecule has 0 bridgehead atoms. The summed E-state index contributed by atoms with van der Waals surface area (Å²) in [5.41, 5.74) is 0. The highest BCUT2D eigenvalue weighted by molar-refractivity contribution is 4.99. The molecular weight excluding hydrogens is 210 g/mol. The van der Waals surface area contributed by atoms with Crippen molar-refractivity contribution in [3.05, 3.63) is 0 Å². The Labute approximate surface area is 105 Å². The molecule has 96 valence electrons. The second kappa shape index (κ2) is 4.25. The van der Waals surface area contributed by atoms with Crippen LogP contribution in [0.4, 0.5) is 0 Å². The van der Waals surface area contributed by atoms with E-state index in [9.17, 15) is 0 Å². The van der Waals surface area contributed by atoms with Gasteiger partial charge in [-0.05, 0) is 55.8 Å². The zero-order valence-corrected chi connectivity index (χ0v) is 11.3. The number of hydrogen-bond donors (Lipinski definition) is 0. The molecule has 0 spiro atoms. The summed E-state index contributed by atoms with van der Waals surface area (Å²) in [6.45, 7) is 4.71. The van der Waals surface area contributed by atoms with E-state index in [4.69, 9.17) is 0 Å². The van der Waals surface area contributed by atoms with E-state index in [0.29, 0.717) is 12.1 Å². The molecule has 2 aliphatic carbocycles. The third kappa shape index (κ3) is 2.21. The van der Waals surface area contributed by atoms with Crippen LogP contribution in [0.15, 0.2) is 10.3 Å². The van der Waals surface area contributed by atoms with Crippen molar-refractivity contribution < 1.29 is 0 Å². The van der Waals surface area contributed by atoms with Crippen LogP contribution in [-0.4, -0.2) is 24.1 Å². The normalized spacial score (nSPS) is 44.2. The maximum Gasteiger partial charge on any atom is 0.0952 e. The summed E-state index contributed by atoms with van der Waals surface area (Å²) in [6.07, 6.45) is 6.90. The molecule has 2 saturated carbocycles. The monoisotopic (exact) mass is 235 g/mol. The predicted molar refractivity (Wildman–Crippen MR) is 68.6 cm³/mol. The molecule has 17 heavy (non-hydrogen) atoms. The number of rotatable bonds is 2. The standard InChI is InChI=1S/C14H25N3/c1-9(2)6-11-8-13-14(17(3)16-15-13)5-4-10-7-12(10)11/h9-14H,4-8H2,1-3H3/t10?,11-,12?,13?,14?/m0/s1. The lowest BCUT2D eigenvalue weighted by Gasteiger charge is -2.29. The summed E-state index contributed by atoms with van der Waals surface area (Å²) in [4.78, 5) is 0. The second-order valence-corrected chi connectivity index (χ2v) is 6.78. The number of fused-ring (bicyclic) bond motifs is 2. The van der Waals surface area contributed by atoms with Crippen LogP contribution in [0.1, 0.15) is 46.0 Å². The van der Waals surface area contributed by atoms with Gasteiger partial charge in [-0.3, -0.25) is 5.01 Å². The van der Waals surface area contributed by atoms with E-state index in [-0.39, 0.29) is 0 Å². The van der Waals surface area contributed by atoms with Crippen molar-refractivity contribution in [2.24, 2.45) is 34.0 Å². The van der Waals surface area contributed by atoms with Crippen LogP contribution in [0.2, 0.25) is 0 Å². The van der Waals surface area contributed by atoms with E-state index in [1.807, 2.05) is 0 Å². The second-order valence-electron chi connectivity index (χ2n) is 6.78. The number of hydrogen-bond acceptors (Lipinski definition) is 3. The lowest BCUT2D eigenvalue weighted by Crippen LogP contribution is -2.35. The third-order valence-corrected chi connectivity index (χ3v) is 5.00. The van der Waals surface area contributed by atoms with Crippen LogP contribution < -0.4 is 0 Å². The quantitative estimate of drug-likeness (QED) is 0.719. The minimum Gasteiger partial charge on any atom is -0.277 e. The Hall–Kier alpha value is -0.600. The minimum absolute atomic E-state index is 0.491. The molecule has 0 aromatic carbocycles. The van der Waals surface area contributed by atoms with Gasteiger partial charge in [-0.15, -0.1) is 0 Å². The average Bonchev–Trinajstić information content (AvgIpc) is 2.93. The van der Waals surface area contributed by atoms with Gasteiger partial charge in [0.05, 0.1) is 12.1 Å². The molecule has 3 rings (SSSR count). The van der Waals surface area contributed by atoms with Gasteiger partial charge in [-0.25, -0.2) is 0 Å². The first-order chi connectivity index (χ1) is 8.15. The zero-order chi connectivity index (χ0) is 12.0. The highest BCUT2D eigenvalue weighted by Crippen LogP contribution is 2.53. The van der Waals surface area contributed by atoms with Crippen molar-refractivity contribution >= 4 is 0 Å². The van der Waals surface area contributed by atoms with Gasteiger partial charge in [0, 0.05) is 7.05 Å². The molecule has 3 aliphatic rings. The molecule has 4 unspecified atom stereocenters. The zero-order valence-electron chi connectivity index (χ0n) is 11.3. The van der Waals surface area contributed by atoms with Crippen LogP contribution in [-0.2, 0) is 0 Å². The molecular formula is C14H25N3. The third-order valence-electron chi connectivity index (χ3n) is 5.00. The van der Waals surface area contributed by atoms with Gasteiger partial charge in [0.25, 0.3) is 0 Å². The van der Waals surface area contributed by atoms with Crippen LogP contribution in [0, 0.1) is 23.7 Å². The number of likely N-dealkylation sites (N-methyl/N-ethyl adjacent to an activating group) is 1. The van der Waals surface area contributed by atoms with Crippen molar-refractivity contribution in [2.75, 3.05) is 7.05 Å². The van der Waals surface area contributed by atoms with Gasteiger partial charge in [-0.2, -0.15) is 5.11 Å². The fraction of sp³-hybridized carbons (Fsp3) is 1.00. The molecule has 3 heteroatoms. The number of nitrogens with zero attached hydrogens (tertiary/aromatic N) is 3. The van der Waals surface area contributed by atoms with Crippen LogP contribution in [0.3, 0.4) is 0 Å². The van der Waals surface area contributed by atoms with Gasteiger partial charge in [0.15, 0.2) is 0 Å². The molecule has 2 fully saturated rings. The smallest absolute Gasteiger partial charge is 0.0952 e. The van der Waals surface area contributed by atoms with Crippen molar-refractivity contribution in [1.82, 2.24) is 5.01 Å². The van der Waals surface area contributed by atoms with Crippen molar-refractivity contribution in [1.29, 1.82) is 0 Å². The summed E-state index contributed by atoms with van der Waals surface area (Å²) in [5, 5.41) is 10.9. The summed E-state index contributed by atoms with van der Waals surface area (Å²) in [5.74, 6) is 3.81. The molecule has 3 nitrogen and oxygen atoms in total. The fourth-order valence-electron chi connectivity index (χ4n) is 4.05. The summed E-state index contributed by atoms with van der Waals surface area (Å²) in [7, 11) is 2.09. The SMILES string of the molecule is CC(C)C[C@H]1CC2N=NN(C)C2CCC2CC21. The highest BCUT2D eigenvalue weighted by atomic mass is 15.6. The average molecular weight is 235 g/mol. The van der Waals surface area contributed by atoms with E-state index >= 15 is 0 Å². The van der Waals surface area contributed by atoms with E-state index in [1.165, 1.54) is 32.1 Å². The molecule has 0 aromatic rings. The van der Waals surface area contributed by atoms with E-state index in [0.717, 1.165) is 23.7 Å². The predicted octanol–water partition coefficient (Wildman–Crippen LogP) is 3.52. The van der Waals surface area contributed by atoms with E-state index < -0.39 is 0 Å². The van der Waals surface area contributed by atoms with Crippen LogP contribution in [0.5, 0.6) is 0 Å². The Morgan fingerprint density at radius 1 is 1.24 bits per heavy atom.